The van der Waals surface area contributed by atoms with Crippen LogP contribution in [0.4, 0.5) is 60.9 Å². The normalized spacial score (nSPS) is 13.2. The van der Waals surface area contributed by atoms with Crippen LogP contribution in [0.15, 0.2) is 178 Å². The molecule has 3 fully saturated rings. The predicted molar refractivity (Wildman–Crippen MR) is 395 cm³/mol. The number of thioether (sulfide) groups is 1. The number of carbonyl (C=O) groups is 6. The molecule has 3 saturated heterocycles. The molecule has 0 saturated carbocycles. The third-order valence-electron chi connectivity index (χ3n) is 15.9. The number of carbonyl (C=O) groups excluding carboxylic acids is 6. The molecule has 6 aromatic carbocycles. The Balaban J connectivity index is 0.000000167. The van der Waals surface area contributed by atoms with E-state index in [1.807, 2.05) is 9.80 Å². The lowest BCUT2D eigenvalue weighted by Crippen LogP contribution is -2.40. The van der Waals surface area contributed by atoms with Crippen molar-refractivity contribution in [2.24, 2.45) is 0 Å². The number of amidine groups is 3. The molecule has 32 heteroatoms. The van der Waals surface area contributed by atoms with Gasteiger partial charge in [-0.3, -0.25) is 45.0 Å². The van der Waals surface area contributed by atoms with Gasteiger partial charge in [-0.2, -0.15) is 11.8 Å². The largest absolute Gasteiger partial charge is 0.378 e. The van der Waals surface area contributed by atoms with Crippen molar-refractivity contribution < 1.29 is 59.8 Å². The topological polar surface area (TPSA) is 304 Å². The summed E-state index contributed by atoms with van der Waals surface area (Å²) < 4.78 is 93.5. The third kappa shape index (κ3) is 20.1. The number of nitrogens with zero attached hydrogens (tertiary/aromatic N) is 6. The summed E-state index contributed by atoms with van der Waals surface area (Å²) in [5.41, 5.74) is -0.180. The van der Waals surface area contributed by atoms with Gasteiger partial charge < -0.3 is 51.3 Å². The molecule has 3 aliphatic heterocycles. The molecular formula is C72H60Br3F6N15O7S. The molecule has 6 heterocycles. The van der Waals surface area contributed by atoms with E-state index in [0.29, 0.717) is 69.5 Å². The fourth-order valence-corrected chi connectivity index (χ4v) is 12.1. The lowest BCUT2D eigenvalue weighted by Gasteiger charge is -2.29. The molecule has 9 aromatic rings. The first-order chi connectivity index (χ1) is 49.9. The van der Waals surface area contributed by atoms with Gasteiger partial charge in [0.1, 0.15) is 69.9 Å². The van der Waals surface area contributed by atoms with Crippen molar-refractivity contribution in [2.75, 3.05) is 95.9 Å². The van der Waals surface area contributed by atoms with Crippen molar-refractivity contribution in [3.8, 4) is 0 Å². The maximum absolute atomic E-state index is 14.8. The second-order valence-electron chi connectivity index (χ2n) is 22.9. The number of aromatic nitrogens is 3. The van der Waals surface area contributed by atoms with Crippen molar-refractivity contribution in [3.05, 3.63) is 263 Å². The summed E-state index contributed by atoms with van der Waals surface area (Å²) in [5.74, 6) is -5.96. The molecule has 0 radical (unpaired) electrons. The van der Waals surface area contributed by atoms with Crippen LogP contribution in [-0.4, -0.2) is 147 Å². The number of anilines is 6. The molecule has 0 atom stereocenters. The van der Waals surface area contributed by atoms with Crippen LogP contribution in [0.5, 0.6) is 0 Å². The number of likely N-dealkylation sites (tertiary alicyclic amines) is 1. The van der Waals surface area contributed by atoms with Gasteiger partial charge in [0.15, 0.2) is 0 Å². The van der Waals surface area contributed by atoms with Gasteiger partial charge in [0.25, 0.3) is 35.4 Å². The van der Waals surface area contributed by atoms with Crippen molar-refractivity contribution in [3.63, 3.8) is 0 Å². The molecule has 0 aliphatic carbocycles. The van der Waals surface area contributed by atoms with E-state index in [1.54, 1.807) is 53.1 Å². The highest BCUT2D eigenvalue weighted by molar-refractivity contribution is 9.11. The number of halogens is 9. The Hall–Kier alpha value is -10.7. The summed E-state index contributed by atoms with van der Waals surface area (Å²) in [6, 6.07) is 31.3. The monoisotopic (exact) mass is 1630 g/mol. The number of rotatable bonds is 15. The van der Waals surface area contributed by atoms with Gasteiger partial charge in [-0.05, 0) is 188 Å². The van der Waals surface area contributed by atoms with Gasteiger partial charge in [-0.25, -0.2) is 41.3 Å². The summed E-state index contributed by atoms with van der Waals surface area (Å²) >= 11 is 11.5. The summed E-state index contributed by atoms with van der Waals surface area (Å²) in [6.07, 6.45) is 6.42. The van der Waals surface area contributed by atoms with Crippen LogP contribution in [0.25, 0.3) is 0 Å². The van der Waals surface area contributed by atoms with E-state index in [0.717, 1.165) is 92.0 Å². The average molecular weight is 1630 g/mol. The van der Waals surface area contributed by atoms with Crippen LogP contribution < -0.4 is 31.9 Å². The number of amides is 6. The van der Waals surface area contributed by atoms with E-state index in [2.05, 4.69) is 94.6 Å². The Morgan fingerprint density at radius 3 is 0.962 bits per heavy atom. The Kier molecular flexibility index (Phi) is 25.9. The van der Waals surface area contributed by atoms with Crippen molar-refractivity contribution in [1.82, 2.24) is 29.7 Å². The minimum absolute atomic E-state index is 0.00412. The molecule has 6 amide bonds. The number of hydrogen-bond donors (Lipinski definition) is 9. The number of benzene rings is 6. The van der Waals surface area contributed by atoms with E-state index in [-0.39, 0.29) is 85.4 Å². The van der Waals surface area contributed by atoms with Crippen LogP contribution in [0.2, 0.25) is 0 Å². The van der Waals surface area contributed by atoms with Gasteiger partial charge in [0, 0.05) is 99.5 Å². The molecule has 534 valence electrons. The van der Waals surface area contributed by atoms with Crippen molar-refractivity contribution >= 4 is 147 Å². The molecule has 22 nitrogen and oxygen atoms in total. The van der Waals surface area contributed by atoms with Crippen molar-refractivity contribution in [1.29, 1.82) is 16.2 Å². The second kappa shape index (κ2) is 35.5. The number of morpholine rings is 1. The van der Waals surface area contributed by atoms with Crippen LogP contribution in [0.3, 0.4) is 0 Å². The zero-order chi connectivity index (χ0) is 74.1. The van der Waals surface area contributed by atoms with Gasteiger partial charge in [0.05, 0.1) is 63.7 Å². The first-order valence-electron chi connectivity index (χ1n) is 31.6. The Morgan fingerprint density at radius 1 is 0.365 bits per heavy atom. The lowest BCUT2D eigenvalue weighted by molar-refractivity contribution is 0.0679. The Bertz CT molecular complexity index is 4570. The van der Waals surface area contributed by atoms with E-state index >= 15 is 0 Å². The first-order valence-corrected chi connectivity index (χ1v) is 35.2. The molecule has 3 aromatic heterocycles. The Labute approximate surface area is 620 Å². The zero-order valence-electron chi connectivity index (χ0n) is 54.4. The summed E-state index contributed by atoms with van der Waals surface area (Å²) in [7, 11) is 0. The number of pyridine rings is 3. The van der Waals surface area contributed by atoms with E-state index in [1.165, 1.54) is 73.2 Å². The van der Waals surface area contributed by atoms with Gasteiger partial charge >= 0.3 is 0 Å². The summed E-state index contributed by atoms with van der Waals surface area (Å²) in [5, 5.41) is 39.9. The summed E-state index contributed by atoms with van der Waals surface area (Å²) in [4.78, 5) is 94.2. The highest BCUT2D eigenvalue weighted by Gasteiger charge is 2.26. The molecule has 3 aliphatic rings. The van der Waals surface area contributed by atoms with Crippen LogP contribution in [-0.2, 0) is 4.74 Å². The number of ether oxygens (including phenoxy) is 1. The van der Waals surface area contributed by atoms with Gasteiger partial charge in [0.2, 0.25) is 0 Å². The Morgan fingerprint density at radius 2 is 0.663 bits per heavy atom. The molecule has 0 spiro atoms. The molecule has 0 unspecified atom stereocenters. The molecule has 12 rings (SSSR count). The maximum Gasteiger partial charge on any atom is 0.259 e. The van der Waals surface area contributed by atoms with Gasteiger partial charge in [-0.1, -0.05) is 18.2 Å². The molecular weight excluding hydrogens is 1570 g/mol. The smallest absolute Gasteiger partial charge is 0.259 e. The number of hydrogen-bond acceptors (Lipinski definition) is 14. The highest BCUT2D eigenvalue weighted by Crippen LogP contribution is 2.27. The summed E-state index contributed by atoms with van der Waals surface area (Å²) in [6.45, 7) is 4.91. The third-order valence-corrected chi connectivity index (χ3v) is 18.2. The molecule has 0 bridgehead atoms. The quantitative estimate of drug-likeness (QED) is 0.0262. The lowest BCUT2D eigenvalue weighted by atomic mass is 10.1. The van der Waals surface area contributed by atoms with Crippen LogP contribution >= 0.6 is 59.6 Å². The van der Waals surface area contributed by atoms with E-state index in [4.69, 9.17) is 21.0 Å². The van der Waals surface area contributed by atoms with E-state index < -0.39 is 70.3 Å². The SMILES string of the molecule is N=C(c1ccc(C(=O)Nc2ccc(F)cc2C(=O)Nc2ccc(Br)cn2)c(F)c1)N1CCCC1.N=C(c1ccc(C(=O)Nc2ccc(F)cc2C(=O)Nc2ccc(Br)cn2)c(F)c1)N1CCOCC1.N=C(c1ccc(C(=O)Nc2ccc(F)cc2C(=O)Nc2ccc(Br)cn2)c(F)c1)N1CCSCC1. The number of nitrogens with one attached hydrogen (secondary N) is 9. The fourth-order valence-electron chi connectivity index (χ4n) is 10.5. The van der Waals surface area contributed by atoms with Crippen LogP contribution in [0.1, 0.15) is 91.7 Å². The van der Waals surface area contributed by atoms with Crippen molar-refractivity contribution in [2.45, 2.75) is 12.8 Å². The maximum atomic E-state index is 14.8. The average Bonchev–Trinajstić information content (AvgIpc) is 0.928. The highest BCUT2D eigenvalue weighted by atomic mass is 79.9. The van der Waals surface area contributed by atoms with Crippen LogP contribution in [0, 0.1) is 51.1 Å². The van der Waals surface area contributed by atoms with Gasteiger partial charge in [-0.15, -0.1) is 0 Å². The zero-order valence-corrected chi connectivity index (χ0v) is 60.0. The molecule has 104 heavy (non-hydrogen) atoms. The minimum Gasteiger partial charge on any atom is -0.378 e. The predicted octanol–water partition coefficient (Wildman–Crippen LogP) is 14.3. The van der Waals surface area contributed by atoms with E-state index in [9.17, 15) is 55.1 Å². The minimum atomic E-state index is -0.829. The molecule has 9 N–H and O–H groups in total. The second-order valence-corrected chi connectivity index (χ2v) is 26.9. The standard InChI is InChI=1S/C24H20BrF2N5O3.C24H20BrF2N5O2S.C24H20BrF2N5O2/c2*25-15-2-6-21(29-13-15)31-24(34)18-12-16(26)3-5-20(18)30-23(33)17-4-1-14(11-19(17)27)22(28)32-7-9-35-10-8-32;25-15-4-8-21(29-13-15)31-24(34)18-12-16(26)5-7-20(18)30-23(33)17-6-3-14(11-19(17)27)22(28)32-9-1-2-10-32/h2*1-6,11-13,28H,7-10H2,(H,30,33)(H,29,31,34);3-8,11-13,28H,1-2,9-10H2,(H,30,33)(H,29,31,34). The first kappa shape index (κ1) is 76.0. The fraction of sp³-hybridized carbons (Fsp3) is 0.167.